The molecule has 2 N–H and O–H groups in total. The van der Waals surface area contributed by atoms with Gasteiger partial charge >= 0.3 is 14.8 Å². The summed E-state index contributed by atoms with van der Waals surface area (Å²) >= 11 is 0. The van der Waals surface area contributed by atoms with Gasteiger partial charge in [0.1, 0.15) is 5.82 Å². The van der Waals surface area contributed by atoms with E-state index in [1.165, 1.54) is 0 Å². The fourth-order valence-electron chi connectivity index (χ4n) is 3.09. The Kier molecular flexibility index (Phi) is 14.8. The molecule has 0 spiro atoms. The molecule has 1 aromatic rings. The van der Waals surface area contributed by atoms with E-state index >= 15 is 0 Å². The summed E-state index contributed by atoms with van der Waals surface area (Å²) in [6.45, 7) is 16.6. The van der Waals surface area contributed by atoms with Gasteiger partial charge in [0.2, 0.25) is 11.9 Å². The third-order valence-electron chi connectivity index (χ3n) is 4.18. The van der Waals surface area contributed by atoms with Crippen LogP contribution in [0.15, 0.2) is 0 Å². The Morgan fingerprint density at radius 1 is 0.765 bits per heavy atom. The Bertz CT molecular complexity index is 727. The van der Waals surface area contributed by atoms with Gasteiger partial charge in [-0.3, -0.25) is 5.32 Å². The second kappa shape index (κ2) is 16.7. The van der Waals surface area contributed by atoms with Gasteiger partial charge in [0.25, 0.3) is 0 Å². The molecule has 11 nitrogen and oxygen atoms in total. The molecule has 0 amide bonds. The molecule has 0 saturated heterocycles. The van der Waals surface area contributed by atoms with Crippen molar-refractivity contribution in [3.05, 3.63) is 5.82 Å². The molecule has 1 rings (SSSR count). The lowest BCUT2D eigenvalue weighted by Gasteiger charge is -2.28. The first-order valence-electron chi connectivity index (χ1n) is 12.0. The minimum absolute atomic E-state index is 0.308. The summed E-state index contributed by atoms with van der Waals surface area (Å²) in [4.78, 5) is 13.0. The number of anilines is 2. The zero-order valence-corrected chi connectivity index (χ0v) is 22.7. The molecule has 0 fully saturated rings. The van der Waals surface area contributed by atoms with Crippen molar-refractivity contribution < 1.29 is 27.5 Å². The first-order chi connectivity index (χ1) is 16.4. The molecule has 0 atom stereocenters. The van der Waals surface area contributed by atoms with E-state index in [0.29, 0.717) is 70.0 Å². The van der Waals surface area contributed by atoms with Crippen LogP contribution in [0.3, 0.4) is 0 Å². The topological polar surface area (TPSA) is 118 Å². The van der Waals surface area contributed by atoms with E-state index in [4.69, 9.17) is 27.5 Å². The summed E-state index contributed by atoms with van der Waals surface area (Å²) in [5, 5.41) is 6.09. The smallest absolute Gasteiger partial charge is 0.374 e. The average molecular weight is 500 g/mol. The maximum atomic E-state index is 5.89. The van der Waals surface area contributed by atoms with Crippen molar-refractivity contribution in [3.63, 3.8) is 0 Å². The molecule has 0 aliphatic rings. The minimum atomic E-state index is -2.67. The van der Waals surface area contributed by atoms with Gasteiger partial charge in [0.15, 0.2) is 0 Å². The van der Waals surface area contributed by atoms with E-state index in [1.807, 2.05) is 41.5 Å². The zero-order valence-electron chi connectivity index (χ0n) is 21.7. The third-order valence-corrected chi connectivity index (χ3v) is 7.33. The maximum Gasteiger partial charge on any atom is 0.500 e. The molecule has 34 heavy (non-hydrogen) atoms. The molecular formula is C22H41N5O6Si. The number of nitrogens with one attached hydrogen (secondary N) is 2. The normalized spacial score (nSPS) is 11.7. The Hall–Kier alpha value is -1.85. The fourth-order valence-corrected chi connectivity index (χ4v) is 5.70. The number of aryl methyl sites for hydroxylation is 1. The third kappa shape index (κ3) is 10.6. The number of hydrogen-bond acceptors (Lipinski definition) is 11. The van der Waals surface area contributed by atoms with Gasteiger partial charge in [-0.05, 0) is 54.9 Å². The standard InChI is InChI=1S/C22H41N5O6Si/c1-8-28-22(29-9-2,30-10-3)15-17-24-21-26-19(7)25-20(27-21)23-16-14-18-34(31-11-4,32-12-5)33-13-6/h8-14,16,18H2,1-7H3,(H2,23,24,25,26,27). The Morgan fingerprint density at radius 3 is 1.79 bits per heavy atom. The monoisotopic (exact) mass is 499 g/mol. The van der Waals surface area contributed by atoms with Crippen LogP contribution in [0.25, 0.3) is 0 Å². The number of nitrogens with zero attached hydrogens (tertiary/aromatic N) is 3. The summed E-state index contributed by atoms with van der Waals surface area (Å²) in [6.07, 6.45) is 0.777. The fraction of sp³-hybridized carbons (Fsp3) is 0.773. The van der Waals surface area contributed by atoms with Crippen LogP contribution in [0, 0.1) is 18.9 Å². The van der Waals surface area contributed by atoms with Crippen LogP contribution in [0.4, 0.5) is 11.9 Å². The van der Waals surface area contributed by atoms with E-state index in [1.54, 1.807) is 6.92 Å². The largest absolute Gasteiger partial charge is 0.500 e. The summed E-state index contributed by atoms with van der Waals surface area (Å²) in [5.74, 6) is 2.71. The lowest BCUT2D eigenvalue weighted by Crippen LogP contribution is -2.46. The first-order valence-corrected chi connectivity index (χ1v) is 13.9. The van der Waals surface area contributed by atoms with Crippen LogP contribution in [-0.2, 0) is 27.5 Å². The molecule has 0 unspecified atom stereocenters. The number of aromatic nitrogens is 3. The number of ether oxygens (including phenoxy) is 3. The Labute approximate surface area is 205 Å². The summed E-state index contributed by atoms with van der Waals surface area (Å²) in [6, 6.07) is 3.48. The van der Waals surface area contributed by atoms with E-state index in [0.717, 1.165) is 6.42 Å². The quantitative estimate of drug-likeness (QED) is 0.102. The predicted molar refractivity (Wildman–Crippen MR) is 132 cm³/mol. The molecule has 0 bridgehead atoms. The molecule has 0 aliphatic heterocycles. The van der Waals surface area contributed by atoms with Gasteiger partial charge in [0, 0.05) is 44.4 Å². The van der Waals surface area contributed by atoms with E-state index in [9.17, 15) is 0 Å². The maximum absolute atomic E-state index is 5.89. The SMILES string of the molecule is CCOC(C#CNc1nc(C)nc(NCCC[Si](OCC)(OCC)OCC)n1)(OCC)OCC. The van der Waals surface area contributed by atoms with Crippen LogP contribution in [0.5, 0.6) is 0 Å². The van der Waals surface area contributed by atoms with Crippen molar-refractivity contribution in [1.82, 2.24) is 15.0 Å². The van der Waals surface area contributed by atoms with Gasteiger partial charge in [0.05, 0.1) is 19.8 Å². The molecule has 0 aromatic carbocycles. The molecule has 0 aliphatic carbocycles. The number of rotatable bonds is 18. The average Bonchev–Trinajstić information content (AvgIpc) is 2.78. The van der Waals surface area contributed by atoms with E-state index in [2.05, 4.69) is 37.6 Å². The van der Waals surface area contributed by atoms with E-state index < -0.39 is 14.8 Å². The molecular weight excluding hydrogens is 458 g/mol. The van der Waals surface area contributed by atoms with Crippen LogP contribution in [-0.4, -0.2) is 75.9 Å². The van der Waals surface area contributed by atoms with Gasteiger partial charge < -0.3 is 32.8 Å². The van der Waals surface area contributed by atoms with Gasteiger partial charge in [-0.15, -0.1) is 0 Å². The van der Waals surface area contributed by atoms with Crippen molar-refractivity contribution in [1.29, 1.82) is 0 Å². The highest BCUT2D eigenvalue weighted by molar-refractivity contribution is 6.60. The van der Waals surface area contributed by atoms with Crippen molar-refractivity contribution in [3.8, 4) is 12.0 Å². The van der Waals surface area contributed by atoms with Crippen LogP contribution < -0.4 is 10.6 Å². The lowest BCUT2D eigenvalue weighted by atomic mass is 10.5. The van der Waals surface area contributed by atoms with Crippen molar-refractivity contribution in [2.24, 2.45) is 0 Å². The molecule has 1 heterocycles. The summed E-state index contributed by atoms with van der Waals surface area (Å²) in [7, 11) is -2.67. The number of hydrogen-bond donors (Lipinski definition) is 2. The van der Waals surface area contributed by atoms with Gasteiger partial charge in [-0.2, -0.15) is 15.0 Å². The molecule has 0 radical (unpaired) electrons. The van der Waals surface area contributed by atoms with Crippen LogP contribution in [0.1, 0.15) is 53.8 Å². The molecule has 12 heteroatoms. The molecule has 194 valence electrons. The minimum Gasteiger partial charge on any atom is -0.374 e. The highest BCUT2D eigenvalue weighted by Gasteiger charge is 2.39. The second-order valence-electron chi connectivity index (χ2n) is 6.77. The van der Waals surface area contributed by atoms with Crippen molar-refractivity contribution in [2.45, 2.75) is 66.9 Å². The second-order valence-corrected chi connectivity index (χ2v) is 9.50. The van der Waals surface area contributed by atoms with Crippen molar-refractivity contribution >= 4 is 20.7 Å². The van der Waals surface area contributed by atoms with Crippen molar-refractivity contribution in [2.75, 3.05) is 56.8 Å². The Balaban J connectivity index is 2.80. The first kappa shape index (κ1) is 30.2. The lowest BCUT2D eigenvalue weighted by molar-refractivity contribution is -0.339. The molecule has 1 aromatic heterocycles. The summed E-state index contributed by atoms with van der Waals surface area (Å²) in [5.41, 5.74) is 0. The predicted octanol–water partition coefficient (Wildman–Crippen LogP) is 3.17. The van der Waals surface area contributed by atoms with Gasteiger partial charge in [-0.1, -0.05) is 0 Å². The van der Waals surface area contributed by atoms with E-state index in [-0.39, 0.29) is 0 Å². The molecule has 0 saturated carbocycles. The van der Waals surface area contributed by atoms with Crippen LogP contribution >= 0.6 is 0 Å². The van der Waals surface area contributed by atoms with Crippen LogP contribution in [0.2, 0.25) is 6.04 Å². The highest BCUT2D eigenvalue weighted by Crippen LogP contribution is 2.18. The highest BCUT2D eigenvalue weighted by atomic mass is 28.4. The summed E-state index contributed by atoms with van der Waals surface area (Å²) < 4.78 is 34.5. The van der Waals surface area contributed by atoms with Gasteiger partial charge in [-0.25, -0.2) is 0 Å². The zero-order chi connectivity index (χ0) is 25.3. The Morgan fingerprint density at radius 2 is 1.29 bits per heavy atom.